The second-order valence-electron chi connectivity index (χ2n) is 6.80. The summed E-state index contributed by atoms with van der Waals surface area (Å²) in [5.74, 6) is 2.14. The van der Waals surface area contributed by atoms with Crippen molar-refractivity contribution >= 4 is 0 Å². The second kappa shape index (κ2) is 8.91. The van der Waals surface area contributed by atoms with Crippen molar-refractivity contribution in [2.24, 2.45) is 0 Å². The average Bonchev–Trinajstić information content (AvgIpc) is 2.62. The first kappa shape index (κ1) is 19.3. The highest BCUT2D eigenvalue weighted by Crippen LogP contribution is 2.27. The van der Waals surface area contributed by atoms with E-state index in [1.54, 1.807) is 0 Å². The van der Waals surface area contributed by atoms with Crippen LogP contribution < -0.4 is 9.47 Å². The lowest BCUT2D eigenvalue weighted by Crippen LogP contribution is -2.47. The highest BCUT2D eigenvalue weighted by Gasteiger charge is 2.34. The third kappa shape index (κ3) is 5.50. The Kier molecular flexibility index (Phi) is 6.89. The lowest BCUT2D eigenvalue weighted by molar-refractivity contribution is -0.170. The minimum absolute atomic E-state index is 0.507. The van der Waals surface area contributed by atoms with E-state index in [1.165, 1.54) is 5.56 Å². The van der Waals surface area contributed by atoms with Crippen molar-refractivity contribution in [3.63, 3.8) is 0 Å². The Hall–Kier alpha value is -2.00. The zero-order chi connectivity index (χ0) is 18.3. The Balaban J connectivity index is 2.11. The molecule has 2 rings (SSSR count). The summed E-state index contributed by atoms with van der Waals surface area (Å²) in [7, 11) is 0. The predicted molar refractivity (Wildman–Crippen MR) is 102 cm³/mol. The van der Waals surface area contributed by atoms with Gasteiger partial charge in [-0.15, -0.1) is 0 Å². The summed E-state index contributed by atoms with van der Waals surface area (Å²) in [5.41, 5.74) is 0.690. The Bertz CT molecular complexity index is 619. The summed E-state index contributed by atoms with van der Waals surface area (Å²) in [5, 5.41) is 0. The van der Waals surface area contributed by atoms with Crippen LogP contribution in [0.25, 0.3) is 0 Å². The smallest absolute Gasteiger partial charge is 0.239 e. The number of para-hydroxylation sites is 1. The molecule has 136 valence electrons. The fourth-order valence-electron chi connectivity index (χ4n) is 2.60. The van der Waals surface area contributed by atoms with Crippen molar-refractivity contribution in [3.8, 4) is 11.5 Å². The molecule has 0 aliphatic carbocycles. The summed E-state index contributed by atoms with van der Waals surface area (Å²) < 4.78 is 18.1. The molecule has 0 bridgehead atoms. The van der Waals surface area contributed by atoms with Gasteiger partial charge in [-0.3, -0.25) is 0 Å². The molecular formula is C22H30O3. The molecule has 2 aromatic carbocycles. The molecule has 2 atom stereocenters. The Morgan fingerprint density at radius 1 is 0.880 bits per heavy atom. The van der Waals surface area contributed by atoms with Gasteiger partial charge in [0.1, 0.15) is 11.5 Å². The van der Waals surface area contributed by atoms with Gasteiger partial charge in [-0.05, 0) is 62.9 Å². The van der Waals surface area contributed by atoms with E-state index in [2.05, 4.69) is 26.0 Å². The topological polar surface area (TPSA) is 27.7 Å². The van der Waals surface area contributed by atoms with Crippen molar-refractivity contribution < 1.29 is 14.2 Å². The molecule has 3 heteroatoms. The number of hydrogen-bond acceptors (Lipinski definition) is 3. The maximum atomic E-state index is 6.12. The fourth-order valence-corrected chi connectivity index (χ4v) is 2.60. The number of hydrogen-bond donors (Lipinski definition) is 0. The van der Waals surface area contributed by atoms with Crippen molar-refractivity contribution in [2.75, 3.05) is 6.61 Å². The van der Waals surface area contributed by atoms with Crippen molar-refractivity contribution in [3.05, 3.63) is 60.2 Å². The number of rotatable bonds is 9. The Morgan fingerprint density at radius 2 is 1.52 bits per heavy atom. The molecule has 2 unspecified atom stereocenters. The summed E-state index contributed by atoms with van der Waals surface area (Å²) in [6.45, 7) is 10.9. The third-order valence-corrected chi connectivity index (χ3v) is 4.31. The van der Waals surface area contributed by atoms with Crippen LogP contribution in [0.15, 0.2) is 54.6 Å². The average molecular weight is 342 g/mol. The molecule has 3 nitrogen and oxygen atoms in total. The van der Waals surface area contributed by atoms with Gasteiger partial charge in [-0.2, -0.15) is 0 Å². The van der Waals surface area contributed by atoms with Gasteiger partial charge in [0.2, 0.25) is 6.29 Å². The molecule has 0 saturated carbocycles. The molecule has 0 amide bonds. The summed E-state index contributed by atoms with van der Waals surface area (Å²) in [4.78, 5) is 0. The van der Waals surface area contributed by atoms with Crippen LogP contribution in [0.1, 0.15) is 52.5 Å². The summed E-state index contributed by atoms with van der Waals surface area (Å²) in [6, 6.07) is 18.0. The van der Waals surface area contributed by atoms with E-state index in [0.29, 0.717) is 12.5 Å². The van der Waals surface area contributed by atoms with Crippen LogP contribution in [0.4, 0.5) is 0 Å². The number of ether oxygens (including phenoxy) is 3. The molecule has 25 heavy (non-hydrogen) atoms. The van der Waals surface area contributed by atoms with E-state index in [0.717, 1.165) is 17.9 Å². The maximum absolute atomic E-state index is 6.12. The predicted octanol–water partition coefficient (Wildman–Crippen LogP) is 5.80. The van der Waals surface area contributed by atoms with Gasteiger partial charge in [-0.25, -0.2) is 0 Å². The minimum Gasteiger partial charge on any atom is -0.481 e. The monoisotopic (exact) mass is 342 g/mol. The van der Waals surface area contributed by atoms with Gasteiger partial charge < -0.3 is 14.2 Å². The molecule has 2 aromatic rings. The fraction of sp³-hybridized carbons (Fsp3) is 0.455. The molecule has 0 spiro atoms. The Morgan fingerprint density at radius 3 is 2.08 bits per heavy atom. The van der Waals surface area contributed by atoms with Gasteiger partial charge in [0.05, 0.1) is 0 Å². The third-order valence-electron chi connectivity index (χ3n) is 4.31. The van der Waals surface area contributed by atoms with E-state index in [4.69, 9.17) is 14.2 Å². The Labute approximate surface area is 151 Å². The lowest BCUT2D eigenvalue weighted by atomic mass is 9.99. The van der Waals surface area contributed by atoms with Gasteiger partial charge in [0.25, 0.3) is 0 Å². The first-order valence-electron chi connectivity index (χ1n) is 9.08. The zero-order valence-corrected chi connectivity index (χ0v) is 16.0. The van der Waals surface area contributed by atoms with E-state index in [9.17, 15) is 0 Å². The van der Waals surface area contributed by atoms with E-state index in [-0.39, 0.29) is 0 Å². The van der Waals surface area contributed by atoms with Crippen LogP contribution >= 0.6 is 0 Å². The van der Waals surface area contributed by atoms with Gasteiger partial charge in [0, 0.05) is 6.61 Å². The van der Waals surface area contributed by atoms with Crippen LogP contribution in [0.2, 0.25) is 0 Å². The molecule has 0 aromatic heterocycles. The second-order valence-corrected chi connectivity index (χ2v) is 6.80. The van der Waals surface area contributed by atoms with Crippen molar-refractivity contribution in [1.29, 1.82) is 0 Å². The molecule has 0 radical (unpaired) electrons. The SMILES string of the molecule is CCOC(Oc1ccc(C(C)CC)cc1)C(C)(C)Oc1ccccc1. The van der Waals surface area contributed by atoms with E-state index < -0.39 is 11.9 Å². The first-order valence-corrected chi connectivity index (χ1v) is 9.08. The largest absolute Gasteiger partial charge is 0.481 e. The van der Waals surface area contributed by atoms with Crippen LogP contribution in [-0.4, -0.2) is 18.5 Å². The molecule has 0 N–H and O–H groups in total. The van der Waals surface area contributed by atoms with Crippen LogP contribution in [0.3, 0.4) is 0 Å². The van der Waals surface area contributed by atoms with Crippen LogP contribution in [0.5, 0.6) is 11.5 Å². The van der Waals surface area contributed by atoms with E-state index in [1.807, 2.05) is 63.2 Å². The molecular weight excluding hydrogens is 312 g/mol. The van der Waals surface area contributed by atoms with Crippen molar-refractivity contribution in [2.45, 2.75) is 58.8 Å². The summed E-state index contributed by atoms with van der Waals surface area (Å²) in [6.07, 6.45) is 0.617. The van der Waals surface area contributed by atoms with Gasteiger partial charge in [-0.1, -0.05) is 44.2 Å². The zero-order valence-electron chi connectivity index (χ0n) is 16.0. The van der Waals surface area contributed by atoms with Gasteiger partial charge in [0.15, 0.2) is 5.60 Å². The van der Waals surface area contributed by atoms with Crippen LogP contribution in [-0.2, 0) is 4.74 Å². The molecule has 0 fully saturated rings. The molecule has 0 aliphatic heterocycles. The normalized spacial score (nSPS) is 14.0. The standard InChI is InChI=1S/C22H30O3/c1-6-17(3)18-13-15-19(16-14-18)24-21(23-7-2)22(4,5)25-20-11-9-8-10-12-20/h8-17,21H,6-7H2,1-5H3. The first-order chi connectivity index (χ1) is 12.0. The quantitative estimate of drug-likeness (QED) is 0.539. The molecule has 0 saturated heterocycles. The van der Waals surface area contributed by atoms with E-state index >= 15 is 0 Å². The highest BCUT2D eigenvalue weighted by atomic mass is 16.7. The highest BCUT2D eigenvalue weighted by molar-refractivity contribution is 5.29. The molecule has 0 heterocycles. The molecule has 0 aliphatic rings. The number of benzene rings is 2. The summed E-state index contributed by atoms with van der Waals surface area (Å²) >= 11 is 0. The van der Waals surface area contributed by atoms with Gasteiger partial charge >= 0.3 is 0 Å². The minimum atomic E-state index is -0.632. The maximum Gasteiger partial charge on any atom is 0.239 e. The lowest BCUT2D eigenvalue weighted by Gasteiger charge is -2.34. The van der Waals surface area contributed by atoms with Crippen molar-refractivity contribution in [1.82, 2.24) is 0 Å². The van der Waals surface area contributed by atoms with Crippen LogP contribution in [0, 0.1) is 0 Å².